The van der Waals surface area contributed by atoms with Crippen molar-refractivity contribution in [3.63, 3.8) is 0 Å². The van der Waals surface area contributed by atoms with Crippen LogP contribution < -0.4 is 14.8 Å². The molecule has 0 aliphatic rings. The number of likely N-dealkylation sites (N-methyl/N-ethyl adjacent to an activating group) is 1. The van der Waals surface area contributed by atoms with E-state index in [1.807, 2.05) is 30.6 Å². The number of halogens is 1. The molecule has 20 heavy (non-hydrogen) atoms. The molecule has 1 N–H and O–H groups in total. The molecule has 0 aliphatic heterocycles. The molecule has 1 heterocycles. The highest BCUT2D eigenvalue weighted by Gasteiger charge is 2.16. The van der Waals surface area contributed by atoms with Crippen molar-refractivity contribution in [3.8, 4) is 11.5 Å². The molecule has 108 valence electrons. The molecule has 0 fully saturated rings. The lowest BCUT2D eigenvalue weighted by atomic mass is 10.0. The maximum atomic E-state index is 6.08. The van der Waals surface area contributed by atoms with Gasteiger partial charge in [0.25, 0.3) is 0 Å². The van der Waals surface area contributed by atoms with Gasteiger partial charge in [-0.3, -0.25) is 0 Å². The molecule has 1 aromatic carbocycles. The van der Waals surface area contributed by atoms with Crippen LogP contribution in [0.5, 0.6) is 11.5 Å². The monoisotopic (exact) mass is 311 g/mol. The Bertz CT molecular complexity index is 571. The molecular formula is C15H18ClNO2S. The summed E-state index contributed by atoms with van der Waals surface area (Å²) in [5.41, 5.74) is 1.09. The zero-order chi connectivity index (χ0) is 14.5. The van der Waals surface area contributed by atoms with Gasteiger partial charge in [0, 0.05) is 21.3 Å². The highest BCUT2D eigenvalue weighted by atomic mass is 35.5. The lowest BCUT2D eigenvalue weighted by molar-refractivity contribution is 0.406. The predicted molar refractivity (Wildman–Crippen MR) is 84.4 cm³/mol. The smallest absolute Gasteiger partial charge is 0.129 e. The third kappa shape index (κ3) is 3.45. The molecule has 2 rings (SSSR count). The minimum Gasteiger partial charge on any atom is -0.496 e. The summed E-state index contributed by atoms with van der Waals surface area (Å²) >= 11 is 7.76. The largest absolute Gasteiger partial charge is 0.496 e. The number of ether oxygens (including phenoxy) is 2. The third-order valence-electron chi connectivity index (χ3n) is 3.19. The lowest BCUT2D eigenvalue weighted by Gasteiger charge is -2.16. The first-order valence-electron chi connectivity index (χ1n) is 6.30. The standard InChI is InChI=1S/C15H18ClNO2S/c1-17-13(15-8-12(18-2)9-20-15)7-10-6-11(16)4-5-14(10)19-3/h4-6,8-9,13,17H,7H2,1-3H3. The second-order valence-electron chi connectivity index (χ2n) is 4.39. The van der Waals surface area contributed by atoms with E-state index in [2.05, 4.69) is 11.4 Å². The molecular weight excluding hydrogens is 294 g/mol. The van der Waals surface area contributed by atoms with Crippen molar-refractivity contribution in [2.75, 3.05) is 21.3 Å². The van der Waals surface area contributed by atoms with Gasteiger partial charge in [0.15, 0.2) is 0 Å². The summed E-state index contributed by atoms with van der Waals surface area (Å²) in [6.07, 6.45) is 0.809. The van der Waals surface area contributed by atoms with Crippen LogP contribution in [0.1, 0.15) is 16.5 Å². The van der Waals surface area contributed by atoms with Gasteiger partial charge in [-0.05, 0) is 43.3 Å². The molecule has 0 aliphatic carbocycles. The van der Waals surface area contributed by atoms with Crippen LogP contribution in [0.4, 0.5) is 0 Å². The highest BCUT2D eigenvalue weighted by Crippen LogP contribution is 2.32. The Morgan fingerprint density at radius 2 is 2.05 bits per heavy atom. The van der Waals surface area contributed by atoms with E-state index in [0.717, 1.165) is 28.5 Å². The molecule has 0 amide bonds. The Morgan fingerprint density at radius 3 is 2.65 bits per heavy atom. The maximum absolute atomic E-state index is 6.08. The topological polar surface area (TPSA) is 30.5 Å². The number of hydrogen-bond acceptors (Lipinski definition) is 4. The fourth-order valence-corrected chi connectivity index (χ4v) is 3.26. The Morgan fingerprint density at radius 1 is 1.25 bits per heavy atom. The Hall–Kier alpha value is -1.23. The second-order valence-corrected chi connectivity index (χ2v) is 5.77. The Labute approximate surface area is 128 Å². The summed E-state index contributed by atoms with van der Waals surface area (Å²) in [6, 6.07) is 7.96. The average Bonchev–Trinajstić information content (AvgIpc) is 2.93. The van der Waals surface area contributed by atoms with Gasteiger partial charge in [0.2, 0.25) is 0 Å². The van der Waals surface area contributed by atoms with Gasteiger partial charge >= 0.3 is 0 Å². The average molecular weight is 312 g/mol. The summed E-state index contributed by atoms with van der Waals surface area (Å²) in [6.45, 7) is 0. The van der Waals surface area contributed by atoms with Crippen LogP contribution in [0.3, 0.4) is 0 Å². The molecule has 1 aromatic heterocycles. The predicted octanol–water partition coefficient (Wildman–Crippen LogP) is 3.92. The summed E-state index contributed by atoms with van der Waals surface area (Å²) < 4.78 is 10.6. The van der Waals surface area contributed by atoms with Crippen LogP contribution in [-0.4, -0.2) is 21.3 Å². The minimum absolute atomic E-state index is 0.205. The zero-order valence-electron chi connectivity index (χ0n) is 11.8. The van der Waals surface area contributed by atoms with Crippen molar-refractivity contribution >= 4 is 22.9 Å². The van der Waals surface area contributed by atoms with Gasteiger partial charge in [-0.25, -0.2) is 0 Å². The van der Waals surface area contributed by atoms with Crippen LogP contribution in [0, 0.1) is 0 Å². The highest BCUT2D eigenvalue weighted by molar-refractivity contribution is 7.10. The summed E-state index contributed by atoms with van der Waals surface area (Å²) in [7, 11) is 5.31. The number of nitrogens with one attached hydrogen (secondary N) is 1. The Kier molecular flexibility index (Phi) is 5.29. The molecule has 1 atom stereocenters. The summed E-state index contributed by atoms with van der Waals surface area (Å²) in [5, 5.41) is 6.06. The van der Waals surface area contributed by atoms with Gasteiger partial charge in [-0.2, -0.15) is 0 Å². The van der Waals surface area contributed by atoms with Crippen molar-refractivity contribution in [2.45, 2.75) is 12.5 Å². The Balaban J connectivity index is 2.23. The van der Waals surface area contributed by atoms with E-state index < -0.39 is 0 Å². The number of benzene rings is 1. The van der Waals surface area contributed by atoms with Crippen molar-refractivity contribution in [2.24, 2.45) is 0 Å². The number of hydrogen-bond donors (Lipinski definition) is 1. The summed E-state index contributed by atoms with van der Waals surface area (Å²) in [4.78, 5) is 1.23. The van der Waals surface area contributed by atoms with E-state index in [0.29, 0.717) is 0 Å². The molecule has 0 saturated heterocycles. The van der Waals surface area contributed by atoms with Gasteiger partial charge in [-0.15, -0.1) is 11.3 Å². The number of thiophene rings is 1. The maximum Gasteiger partial charge on any atom is 0.129 e. The van der Waals surface area contributed by atoms with Crippen LogP contribution in [0.25, 0.3) is 0 Å². The zero-order valence-corrected chi connectivity index (χ0v) is 13.3. The number of methoxy groups -OCH3 is 2. The molecule has 0 radical (unpaired) electrons. The molecule has 0 spiro atoms. The second kappa shape index (κ2) is 6.97. The molecule has 0 bridgehead atoms. The fourth-order valence-electron chi connectivity index (χ4n) is 2.10. The third-order valence-corrected chi connectivity index (χ3v) is 4.45. The quantitative estimate of drug-likeness (QED) is 0.877. The van der Waals surface area contributed by atoms with Crippen LogP contribution >= 0.6 is 22.9 Å². The van der Waals surface area contributed by atoms with Crippen LogP contribution in [0.2, 0.25) is 5.02 Å². The van der Waals surface area contributed by atoms with Gasteiger partial charge < -0.3 is 14.8 Å². The molecule has 1 unspecified atom stereocenters. The first kappa shape index (κ1) is 15.2. The first-order valence-corrected chi connectivity index (χ1v) is 7.55. The van der Waals surface area contributed by atoms with Crippen LogP contribution in [-0.2, 0) is 6.42 Å². The van der Waals surface area contributed by atoms with Gasteiger partial charge in [0.05, 0.1) is 14.2 Å². The van der Waals surface area contributed by atoms with E-state index in [9.17, 15) is 0 Å². The van der Waals surface area contributed by atoms with Crippen molar-refractivity contribution in [3.05, 3.63) is 45.1 Å². The summed E-state index contributed by atoms with van der Waals surface area (Å²) in [5.74, 6) is 1.75. The van der Waals surface area contributed by atoms with Gasteiger partial charge in [0.1, 0.15) is 11.5 Å². The normalized spacial score (nSPS) is 12.2. The molecule has 3 nitrogen and oxygen atoms in total. The first-order chi connectivity index (χ1) is 9.67. The van der Waals surface area contributed by atoms with E-state index in [4.69, 9.17) is 21.1 Å². The van der Waals surface area contributed by atoms with Crippen LogP contribution in [0.15, 0.2) is 29.6 Å². The fraction of sp³-hybridized carbons (Fsp3) is 0.333. The van der Waals surface area contributed by atoms with Crippen molar-refractivity contribution in [1.29, 1.82) is 0 Å². The minimum atomic E-state index is 0.205. The van der Waals surface area contributed by atoms with E-state index in [1.165, 1.54) is 4.88 Å². The molecule has 5 heteroatoms. The van der Waals surface area contributed by atoms with Crippen molar-refractivity contribution < 1.29 is 9.47 Å². The van der Waals surface area contributed by atoms with Crippen molar-refractivity contribution in [1.82, 2.24) is 5.32 Å². The van der Waals surface area contributed by atoms with Gasteiger partial charge in [-0.1, -0.05) is 11.6 Å². The SMILES string of the molecule is CNC(Cc1cc(Cl)ccc1OC)c1cc(OC)cs1. The van der Waals surface area contributed by atoms with E-state index >= 15 is 0 Å². The lowest BCUT2D eigenvalue weighted by Crippen LogP contribution is -2.18. The number of rotatable bonds is 6. The molecule has 0 saturated carbocycles. The van der Waals surface area contributed by atoms with E-state index in [1.54, 1.807) is 25.6 Å². The van der Waals surface area contributed by atoms with E-state index in [-0.39, 0.29) is 6.04 Å². The molecule has 2 aromatic rings.